The molecule has 0 aliphatic rings. The average molecular weight is 547 g/mol. The van der Waals surface area contributed by atoms with E-state index in [9.17, 15) is 27.2 Å². The predicted octanol–water partition coefficient (Wildman–Crippen LogP) is 7.14. The fourth-order valence-corrected chi connectivity index (χ4v) is 4.54. The molecular formula is C31H22F4N2O3. The van der Waals surface area contributed by atoms with Gasteiger partial charge in [-0.3, -0.25) is 4.79 Å². The molecule has 1 aromatic heterocycles. The van der Waals surface area contributed by atoms with Crippen LogP contribution in [0, 0.1) is 5.82 Å². The Morgan fingerprint density at radius 2 is 1.52 bits per heavy atom. The molecule has 2 N–H and O–H groups in total. The molecule has 0 aliphatic carbocycles. The highest BCUT2D eigenvalue weighted by molar-refractivity contribution is 6.08. The molecule has 5 nitrogen and oxygen atoms in total. The lowest BCUT2D eigenvalue weighted by Crippen LogP contribution is -2.23. The van der Waals surface area contributed by atoms with E-state index in [-0.39, 0.29) is 24.2 Å². The number of fused-ring (bicyclic) bond motifs is 1. The molecule has 0 aliphatic heterocycles. The van der Waals surface area contributed by atoms with Gasteiger partial charge in [0.05, 0.1) is 22.2 Å². The van der Waals surface area contributed by atoms with Gasteiger partial charge in [0.25, 0.3) is 5.91 Å². The molecule has 0 radical (unpaired) electrons. The van der Waals surface area contributed by atoms with E-state index in [1.807, 2.05) is 0 Å². The minimum absolute atomic E-state index is 0.115. The number of amides is 1. The van der Waals surface area contributed by atoms with Crippen molar-refractivity contribution in [3.05, 3.63) is 131 Å². The molecule has 1 amide bonds. The number of hydrogen-bond acceptors (Lipinski definition) is 2. The molecule has 0 atom stereocenters. The van der Waals surface area contributed by atoms with E-state index in [1.165, 1.54) is 30.3 Å². The maximum absolute atomic E-state index is 14.6. The van der Waals surface area contributed by atoms with Crippen molar-refractivity contribution in [2.45, 2.75) is 19.3 Å². The predicted molar refractivity (Wildman–Crippen MR) is 142 cm³/mol. The Morgan fingerprint density at radius 1 is 0.850 bits per heavy atom. The third-order valence-electron chi connectivity index (χ3n) is 6.58. The van der Waals surface area contributed by atoms with E-state index in [0.29, 0.717) is 33.2 Å². The van der Waals surface area contributed by atoms with Gasteiger partial charge in [0, 0.05) is 30.2 Å². The number of carboxylic acids is 1. The Bertz CT molecular complexity index is 1710. The van der Waals surface area contributed by atoms with Crippen molar-refractivity contribution in [3.8, 4) is 11.1 Å². The number of alkyl halides is 3. The second-order valence-electron chi connectivity index (χ2n) is 9.26. The number of rotatable bonds is 7. The van der Waals surface area contributed by atoms with Gasteiger partial charge in [0.15, 0.2) is 0 Å². The summed E-state index contributed by atoms with van der Waals surface area (Å²) in [5.74, 6) is -1.95. The maximum Gasteiger partial charge on any atom is 0.416 e. The standard InChI is InChI=1S/C31H22F4N2O3/c32-27-4-2-1-3-25(27)23-15-22-13-14-37(18-20-7-11-24(12-8-20)31(33,34)35)28(22)26(16-23)29(38)36-17-19-5-9-21(10-6-19)30(39)40/h1-16H,17-18H2,(H,36,38)(H,39,40). The number of carbonyl (C=O) groups is 2. The summed E-state index contributed by atoms with van der Waals surface area (Å²) < 4.78 is 55.4. The highest BCUT2D eigenvalue weighted by Crippen LogP contribution is 2.32. The molecule has 0 fully saturated rings. The monoisotopic (exact) mass is 546 g/mol. The first-order valence-corrected chi connectivity index (χ1v) is 12.2. The van der Waals surface area contributed by atoms with Crippen LogP contribution in [0.2, 0.25) is 0 Å². The first kappa shape index (κ1) is 26.7. The second-order valence-corrected chi connectivity index (χ2v) is 9.26. The summed E-state index contributed by atoms with van der Waals surface area (Å²) in [4.78, 5) is 24.6. The second kappa shape index (κ2) is 10.7. The summed E-state index contributed by atoms with van der Waals surface area (Å²) in [6.07, 6.45) is -2.71. The number of aromatic nitrogens is 1. The first-order chi connectivity index (χ1) is 19.1. The molecule has 9 heteroatoms. The largest absolute Gasteiger partial charge is 0.478 e. The summed E-state index contributed by atoms with van der Waals surface area (Å²) in [7, 11) is 0. The van der Waals surface area contributed by atoms with E-state index < -0.39 is 29.4 Å². The average Bonchev–Trinajstić information content (AvgIpc) is 3.34. The number of aromatic carboxylic acids is 1. The Kier molecular flexibility index (Phi) is 7.13. The maximum atomic E-state index is 14.6. The Hall–Kier alpha value is -4.92. The number of nitrogens with zero attached hydrogens (tertiary/aromatic N) is 1. The minimum atomic E-state index is -4.44. The number of hydrogen-bond donors (Lipinski definition) is 2. The van der Waals surface area contributed by atoms with Gasteiger partial charge in [0.1, 0.15) is 5.82 Å². The van der Waals surface area contributed by atoms with Gasteiger partial charge >= 0.3 is 12.1 Å². The summed E-state index contributed by atoms with van der Waals surface area (Å²) in [5, 5.41) is 12.6. The number of nitrogens with one attached hydrogen (secondary N) is 1. The van der Waals surface area contributed by atoms with Crippen LogP contribution in [0.15, 0.2) is 97.2 Å². The molecule has 0 bridgehead atoms. The molecule has 5 aromatic rings. The van der Waals surface area contributed by atoms with E-state index in [2.05, 4.69) is 5.32 Å². The molecule has 1 heterocycles. The van der Waals surface area contributed by atoms with Crippen molar-refractivity contribution in [2.75, 3.05) is 0 Å². The van der Waals surface area contributed by atoms with Crippen LogP contribution >= 0.6 is 0 Å². The lowest BCUT2D eigenvalue weighted by molar-refractivity contribution is -0.137. The van der Waals surface area contributed by atoms with E-state index in [4.69, 9.17) is 5.11 Å². The fourth-order valence-electron chi connectivity index (χ4n) is 4.54. The molecule has 0 spiro atoms. The summed E-state index contributed by atoms with van der Waals surface area (Å²) in [6.45, 7) is 0.321. The molecular weight excluding hydrogens is 524 g/mol. The lowest BCUT2D eigenvalue weighted by atomic mass is 9.99. The lowest BCUT2D eigenvalue weighted by Gasteiger charge is -2.14. The van der Waals surface area contributed by atoms with Gasteiger partial charge < -0.3 is 15.0 Å². The Morgan fingerprint density at radius 3 is 2.17 bits per heavy atom. The SMILES string of the molecule is O=C(O)c1ccc(CNC(=O)c2cc(-c3ccccc3F)cc3ccn(Cc4ccc(C(F)(F)F)cc4)c23)cc1. The van der Waals surface area contributed by atoms with E-state index >= 15 is 0 Å². The van der Waals surface area contributed by atoms with Crippen molar-refractivity contribution in [2.24, 2.45) is 0 Å². The van der Waals surface area contributed by atoms with Gasteiger partial charge in [-0.1, -0.05) is 42.5 Å². The van der Waals surface area contributed by atoms with Gasteiger partial charge in [0.2, 0.25) is 0 Å². The summed E-state index contributed by atoms with van der Waals surface area (Å²) >= 11 is 0. The van der Waals surface area contributed by atoms with Gasteiger partial charge in [-0.25, -0.2) is 9.18 Å². The number of halogens is 4. The van der Waals surface area contributed by atoms with Crippen LogP contribution < -0.4 is 5.32 Å². The van der Waals surface area contributed by atoms with Crippen LogP contribution in [0.3, 0.4) is 0 Å². The van der Waals surface area contributed by atoms with Crippen LogP contribution in [-0.4, -0.2) is 21.6 Å². The van der Waals surface area contributed by atoms with Crippen LogP contribution in [0.4, 0.5) is 17.6 Å². The summed E-state index contributed by atoms with van der Waals surface area (Å²) in [5.41, 5.74) is 2.27. The zero-order chi connectivity index (χ0) is 28.4. The third kappa shape index (κ3) is 5.58. The van der Waals surface area contributed by atoms with Gasteiger partial charge in [-0.05, 0) is 65.2 Å². The molecule has 0 unspecified atom stereocenters. The third-order valence-corrected chi connectivity index (χ3v) is 6.58. The van der Waals surface area contributed by atoms with Crippen LogP contribution in [0.1, 0.15) is 37.4 Å². The number of carboxylic acid groups (broad SMARTS) is 1. The Labute approximate surface area is 226 Å². The molecule has 0 saturated heterocycles. The van der Waals surface area contributed by atoms with Crippen molar-refractivity contribution >= 4 is 22.8 Å². The molecule has 40 heavy (non-hydrogen) atoms. The van der Waals surface area contributed by atoms with Crippen molar-refractivity contribution < 1.29 is 32.3 Å². The zero-order valence-corrected chi connectivity index (χ0v) is 20.9. The number of benzene rings is 4. The van der Waals surface area contributed by atoms with Crippen molar-refractivity contribution in [1.29, 1.82) is 0 Å². The van der Waals surface area contributed by atoms with Crippen molar-refractivity contribution in [3.63, 3.8) is 0 Å². The van der Waals surface area contributed by atoms with Gasteiger partial charge in [-0.2, -0.15) is 13.2 Å². The normalized spacial score (nSPS) is 11.5. The fraction of sp³-hybridized carbons (Fsp3) is 0.0968. The van der Waals surface area contributed by atoms with E-state index in [1.54, 1.807) is 59.3 Å². The summed E-state index contributed by atoms with van der Waals surface area (Å²) in [6, 6.07) is 22.2. The van der Waals surface area contributed by atoms with Crippen LogP contribution in [-0.2, 0) is 19.3 Å². The van der Waals surface area contributed by atoms with Gasteiger partial charge in [-0.15, -0.1) is 0 Å². The molecule has 202 valence electrons. The smallest absolute Gasteiger partial charge is 0.416 e. The quantitative estimate of drug-likeness (QED) is 0.213. The molecule has 5 rings (SSSR count). The topological polar surface area (TPSA) is 71.3 Å². The first-order valence-electron chi connectivity index (χ1n) is 12.2. The molecule has 4 aromatic carbocycles. The van der Waals surface area contributed by atoms with Crippen LogP contribution in [0.25, 0.3) is 22.0 Å². The highest BCUT2D eigenvalue weighted by Gasteiger charge is 2.30. The highest BCUT2D eigenvalue weighted by atomic mass is 19.4. The molecule has 0 saturated carbocycles. The van der Waals surface area contributed by atoms with E-state index in [0.717, 1.165) is 12.1 Å². The minimum Gasteiger partial charge on any atom is -0.478 e. The number of carbonyl (C=O) groups excluding carboxylic acids is 1. The Balaban J connectivity index is 1.51. The van der Waals surface area contributed by atoms with Crippen LogP contribution in [0.5, 0.6) is 0 Å². The zero-order valence-electron chi connectivity index (χ0n) is 20.9. The van der Waals surface area contributed by atoms with Crippen molar-refractivity contribution in [1.82, 2.24) is 9.88 Å².